The molecule has 0 N–H and O–H groups in total. The fraction of sp³-hybridized carbons (Fsp3) is 0.158. The van der Waals surface area contributed by atoms with E-state index in [-0.39, 0.29) is 11.7 Å². The molecular weight excluding hydrogens is 290 g/mol. The predicted octanol–water partition coefficient (Wildman–Crippen LogP) is 3.56. The highest BCUT2D eigenvalue weighted by Gasteiger charge is 2.17. The summed E-state index contributed by atoms with van der Waals surface area (Å²) in [6, 6.07) is 16.3. The van der Waals surface area contributed by atoms with Gasteiger partial charge in [0.15, 0.2) is 0 Å². The van der Waals surface area contributed by atoms with Gasteiger partial charge < -0.3 is 4.74 Å². The van der Waals surface area contributed by atoms with Gasteiger partial charge in [-0.2, -0.15) is 0 Å². The Labute approximate surface area is 133 Å². The van der Waals surface area contributed by atoms with Crippen molar-refractivity contribution in [2.75, 3.05) is 0 Å². The van der Waals surface area contributed by atoms with E-state index >= 15 is 0 Å². The molecule has 4 heteroatoms. The third-order valence-electron chi connectivity index (χ3n) is 3.52. The van der Waals surface area contributed by atoms with Crippen LogP contribution in [-0.4, -0.2) is 16.6 Å². The normalized spacial score (nSPS) is 10.9. The lowest BCUT2D eigenvalue weighted by Crippen LogP contribution is -2.22. The number of aromatic nitrogens is 1. The Morgan fingerprint density at radius 3 is 2.22 bits per heavy atom. The zero-order valence-electron chi connectivity index (χ0n) is 13.0. The Hall–Kier alpha value is -2.88. The maximum absolute atomic E-state index is 12.7. The lowest BCUT2D eigenvalue weighted by Gasteiger charge is -2.13. The molecule has 0 fully saturated rings. The van der Waals surface area contributed by atoms with Gasteiger partial charge in [0.05, 0.1) is 11.7 Å². The first-order chi connectivity index (χ1) is 11.1. The van der Waals surface area contributed by atoms with E-state index in [1.54, 1.807) is 44.3 Å². The average Bonchev–Trinajstić information content (AvgIpc) is 2.55. The molecule has 0 aliphatic carbocycles. The van der Waals surface area contributed by atoms with E-state index in [1.165, 1.54) is 4.57 Å². The number of ether oxygens (including phenoxy) is 1. The number of carbonyl (C=O) groups excluding carboxylic acids is 1. The van der Waals surface area contributed by atoms with Crippen LogP contribution in [0, 0.1) is 0 Å². The summed E-state index contributed by atoms with van der Waals surface area (Å²) in [6.07, 6.45) is 1.34. The van der Waals surface area contributed by atoms with E-state index in [1.807, 2.05) is 30.3 Å². The number of nitrogens with zero attached hydrogens (tertiary/aromatic N) is 1. The second kappa shape index (κ2) is 6.08. The molecule has 0 atom stereocenters. The monoisotopic (exact) mass is 307 g/mol. The zero-order chi connectivity index (χ0) is 16.4. The lowest BCUT2D eigenvalue weighted by molar-refractivity contribution is 0.0379. The van der Waals surface area contributed by atoms with Gasteiger partial charge in [-0.1, -0.05) is 36.4 Å². The summed E-state index contributed by atoms with van der Waals surface area (Å²) in [7, 11) is 0. The second-order valence-corrected chi connectivity index (χ2v) is 5.55. The van der Waals surface area contributed by atoms with Crippen molar-refractivity contribution in [2.45, 2.75) is 20.0 Å². The summed E-state index contributed by atoms with van der Waals surface area (Å²) in [5, 5.41) is 1.10. The van der Waals surface area contributed by atoms with Gasteiger partial charge in [0, 0.05) is 22.7 Å². The van der Waals surface area contributed by atoms with Crippen LogP contribution in [0.25, 0.3) is 16.5 Å². The van der Waals surface area contributed by atoms with Crippen LogP contribution < -0.4 is 5.56 Å². The molecule has 0 bridgehead atoms. The number of hydrogen-bond donors (Lipinski definition) is 0. The number of benzene rings is 2. The Bertz CT molecular complexity index is 911. The average molecular weight is 307 g/mol. The predicted molar refractivity (Wildman–Crippen MR) is 90.1 cm³/mol. The quantitative estimate of drug-likeness (QED) is 0.695. The first-order valence-corrected chi connectivity index (χ1v) is 7.48. The smallest absolute Gasteiger partial charge is 0.340 e. The number of para-hydroxylation sites is 1. The highest BCUT2D eigenvalue weighted by atomic mass is 16.5. The molecule has 0 unspecified atom stereocenters. The number of carbonyl (C=O) groups is 1. The van der Waals surface area contributed by atoms with Crippen LogP contribution in [0.5, 0.6) is 0 Å². The Morgan fingerprint density at radius 1 is 0.957 bits per heavy atom. The first kappa shape index (κ1) is 15.0. The highest BCUT2D eigenvalue weighted by Crippen LogP contribution is 2.19. The van der Waals surface area contributed by atoms with E-state index in [2.05, 4.69) is 0 Å². The van der Waals surface area contributed by atoms with Crippen molar-refractivity contribution in [3.63, 3.8) is 0 Å². The van der Waals surface area contributed by atoms with E-state index in [4.69, 9.17) is 4.74 Å². The summed E-state index contributed by atoms with van der Waals surface area (Å²) >= 11 is 0. The number of hydrogen-bond acceptors (Lipinski definition) is 3. The topological polar surface area (TPSA) is 48.3 Å². The molecule has 0 aliphatic rings. The Balaban J connectivity index is 2.29. The van der Waals surface area contributed by atoms with Crippen LogP contribution >= 0.6 is 0 Å². The summed E-state index contributed by atoms with van der Waals surface area (Å²) in [5.41, 5.74) is 0.938. The minimum Gasteiger partial charge on any atom is -0.459 e. The van der Waals surface area contributed by atoms with Crippen molar-refractivity contribution in [3.05, 3.63) is 76.7 Å². The van der Waals surface area contributed by atoms with Gasteiger partial charge in [0.1, 0.15) is 0 Å². The maximum atomic E-state index is 12.7. The number of pyridine rings is 1. The number of fused-ring (bicyclic) bond motifs is 1. The molecule has 4 nitrogen and oxygen atoms in total. The van der Waals surface area contributed by atoms with Gasteiger partial charge in [-0.3, -0.25) is 9.36 Å². The summed E-state index contributed by atoms with van der Waals surface area (Å²) < 4.78 is 6.81. The molecule has 0 saturated heterocycles. The van der Waals surface area contributed by atoms with Crippen molar-refractivity contribution in [3.8, 4) is 5.69 Å². The minimum atomic E-state index is -0.430. The third kappa shape index (κ3) is 2.88. The number of rotatable bonds is 3. The molecule has 3 rings (SSSR count). The van der Waals surface area contributed by atoms with Crippen molar-refractivity contribution < 1.29 is 9.53 Å². The van der Waals surface area contributed by atoms with Gasteiger partial charge in [0.25, 0.3) is 5.56 Å². The van der Waals surface area contributed by atoms with Crippen molar-refractivity contribution in [1.82, 2.24) is 4.57 Å². The van der Waals surface area contributed by atoms with E-state index in [9.17, 15) is 9.59 Å². The second-order valence-electron chi connectivity index (χ2n) is 5.55. The van der Waals surface area contributed by atoms with Gasteiger partial charge in [-0.25, -0.2) is 4.79 Å². The van der Waals surface area contributed by atoms with Gasteiger partial charge in [-0.05, 0) is 32.0 Å². The zero-order valence-corrected chi connectivity index (χ0v) is 13.0. The van der Waals surface area contributed by atoms with Crippen LogP contribution in [0.1, 0.15) is 24.2 Å². The molecule has 0 radical (unpaired) electrons. The molecule has 1 heterocycles. The van der Waals surface area contributed by atoms with Crippen LogP contribution in [0.3, 0.4) is 0 Å². The largest absolute Gasteiger partial charge is 0.459 e. The summed E-state index contributed by atoms with van der Waals surface area (Å²) in [5.74, 6) is -0.430. The standard InChI is InChI=1S/C19H17NO3/c1-13(2)23-19(22)17-12-20(14-8-4-3-5-9-14)18(21)16-11-7-6-10-15(16)17/h3-13H,1-2H3. The molecule has 0 spiro atoms. The molecule has 116 valence electrons. The van der Waals surface area contributed by atoms with Crippen LogP contribution in [0.15, 0.2) is 65.6 Å². The molecule has 0 saturated carbocycles. The fourth-order valence-corrected chi connectivity index (χ4v) is 2.51. The highest BCUT2D eigenvalue weighted by molar-refractivity contribution is 6.04. The lowest BCUT2D eigenvalue weighted by atomic mass is 10.1. The molecule has 1 aromatic heterocycles. The van der Waals surface area contributed by atoms with Gasteiger partial charge >= 0.3 is 5.97 Å². The summed E-state index contributed by atoms with van der Waals surface area (Å²) in [6.45, 7) is 3.60. The number of esters is 1. The molecule has 0 aliphatic heterocycles. The maximum Gasteiger partial charge on any atom is 0.340 e. The Kier molecular flexibility index (Phi) is 3.98. The van der Waals surface area contributed by atoms with Gasteiger partial charge in [0.2, 0.25) is 0 Å². The van der Waals surface area contributed by atoms with E-state index in [0.29, 0.717) is 22.0 Å². The third-order valence-corrected chi connectivity index (χ3v) is 3.52. The molecule has 23 heavy (non-hydrogen) atoms. The Morgan fingerprint density at radius 2 is 1.57 bits per heavy atom. The molecule has 3 aromatic rings. The van der Waals surface area contributed by atoms with Crippen molar-refractivity contribution in [1.29, 1.82) is 0 Å². The summed E-state index contributed by atoms with van der Waals surface area (Å²) in [4.78, 5) is 25.2. The van der Waals surface area contributed by atoms with E-state index in [0.717, 1.165) is 0 Å². The van der Waals surface area contributed by atoms with Gasteiger partial charge in [-0.15, -0.1) is 0 Å². The van der Waals surface area contributed by atoms with Crippen molar-refractivity contribution >= 4 is 16.7 Å². The first-order valence-electron chi connectivity index (χ1n) is 7.48. The SMILES string of the molecule is CC(C)OC(=O)c1cn(-c2ccccc2)c(=O)c2ccccc12. The molecule has 2 aromatic carbocycles. The van der Waals surface area contributed by atoms with Crippen LogP contribution in [-0.2, 0) is 4.74 Å². The fourth-order valence-electron chi connectivity index (χ4n) is 2.51. The molecular formula is C19H17NO3. The van der Waals surface area contributed by atoms with Crippen LogP contribution in [0.4, 0.5) is 0 Å². The van der Waals surface area contributed by atoms with E-state index < -0.39 is 5.97 Å². The van der Waals surface area contributed by atoms with Crippen molar-refractivity contribution in [2.24, 2.45) is 0 Å². The minimum absolute atomic E-state index is 0.159. The molecule has 0 amide bonds. The van der Waals surface area contributed by atoms with Crippen LogP contribution in [0.2, 0.25) is 0 Å².